The predicted molar refractivity (Wildman–Crippen MR) is 104 cm³/mol. The fourth-order valence-electron chi connectivity index (χ4n) is 3.47. The third kappa shape index (κ3) is 3.72. The molecule has 0 unspecified atom stereocenters. The number of aryl methyl sites for hydroxylation is 1. The highest BCUT2D eigenvalue weighted by atomic mass is 35.5. The van der Waals surface area contributed by atoms with Crippen molar-refractivity contribution in [1.29, 1.82) is 0 Å². The first-order valence-corrected chi connectivity index (χ1v) is 10.9. The smallest absolute Gasteiger partial charge is 0.262 e. The molecule has 2 aromatic heterocycles. The summed E-state index contributed by atoms with van der Waals surface area (Å²) in [5, 5.41) is 0.710. The lowest BCUT2D eigenvalue weighted by Gasteiger charge is -2.31. The van der Waals surface area contributed by atoms with Gasteiger partial charge in [-0.15, -0.1) is 0 Å². The van der Waals surface area contributed by atoms with Crippen LogP contribution in [0, 0.1) is 0 Å². The summed E-state index contributed by atoms with van der Waals surface area (Å²) in [6, 6.07) is 7.13. The number of hydrogen-bond donors (Lipinski definition) is 0. The summed E-state index contributed by atoms with van der Waals surface area (Å²) in [4.78, 5) is 8.42. The molecule has 3 heterocycles. The van der Waals surface area contributed by atoms with Crippen LogP contribution in [0.25, 0.3) is 0 Å². The van der Waals surface area contributed by atoms with Gasteiger partial charge in [0.2, 0.25) is 5.89 Å². The van der Waals surface area contributed by atoms with Crippen molar-refractivity contribution in [2.75, 3.05) is 6.54 Å². The molecule has 1 saturated heterocycles. The zero-order chi connectivity index (χ0) is 19.7. The number of imidazole rings is 1. The minimum atomic E-state index is -3.71. The fraction of sp³-hybridized carbons (Fsp3) is 0.368. The maximum absolute atomic E-state index is 13.1. The van der Waals surface area contributed by atoms with Gasteiger partial charge in [0.25, 0.3) is 10.0 Å². The number of aromatic nitrogens is 3. The molecular weight excluding hydrogens is 400 g/mol. The molecule has 0 aliphatic carbocycles. The molecule has 1 aromatic carbocycles. The fourth-order valence-corrected chi connectivity index (χ4v) is 5.29. The molecular formula is C19H21ClN4O3S. The first-order valence-electron chi connectivity index (χ1n) is 9.13. The van der Waals surface area contributed by atoms with E-state index in [-0.39, 0.29) is 5.03 Å². The number of sulfonamides is 1. The van der Waals surface area contributed by atoms with Crippen LogP contribution >= 0.6 is 11.6 Å². The molecule has 3 aromatic rings. The molecule has 0 radical (unpaired) electrons. The van der Waals surface area contributed by atoms with Gasteiger partial charge in [-0.25, -0.2) is 18.4 Å². The minimum Gasteiger partial charge on any atom is -0.444 e. The van der Waals surface area contributed by atoms with Crippen LogP contribution in [0.3, 0.4) is 0 Å². The Morgan fingerprint density at radius 3 is 2.82 bits per heavy atom. The Hall–Kier alpha value is -2.16. The average Bonchev–Trinajstić information content (AvgIpc) is 3.33. The van der Waals surface area contributed by atoms with Crippen molar-refractivity contribution in [2.45, 2.75) is 36.8 Å². The Labute approximate surface area is 169 Å². The number of benzene rings is 1. The molecule has 0 bridgehead atoms. The molecule has 148 valence electrons. The molecule has 1 fully saturated rings. The lowest BCUT2D eigenvalue weighted by Crippen LogP contribution is -2.38. The predicted octanol–water partition coefficient (Wildman–Crippen LogP) is 3.57. The Balaban J connectivity index is 1.60. The van der Waals surface area contributed by atoms with E-state index < -0.39 is 16.1 Å². The number of oxazole rings is 1. The van der Waals surface area contributed by atoms with Crippen molar-refractivity contribution >= 4 is 21.6 Å². The SMILES string of the molecule is Cn1cnc(S(=O)(=O)N2CCCC[C@@H]2c2ncc(Cc3ccccc3Cl)o2)c1. The van der Waals surface area contributed by atoms with Crippen molar-refractivity contribution in [3.8, 4) is 0 Å². The van der Waals surface area contributed by atoms with Gasteiger partial charge in [-0.05, 0) is 24.5 Å². The summed E-state index contributed by atoms with van der Waals surface area (Å²) in [5.74, 6) is 1.07. The van der Waals surface area contributed by atoms with Crippen molar-refractivity contribution < 1.29 is 12.8 Å². The Kier molecular flexibility index (Phi) is 5.27. The van der Waals surface area contributed by atoms with Gasteiger partial charge in [-0.2, -0.15) is 4.31 Å². The van der Waals surface area contributed by atoms with Gasteiger partial charge in [-0.1, -0.05) is 36.2 Å². The van der Waals surface area contributed by atoms with Gasteiger partial charge < -0.3 is 8.98 Å². The highest BCUT2D eigenvalue weighted by Crippen LogP contribution is 2.35. The van der Waals surface area contributed by atoms with E-state index in [0.717, 1.165) is 18.4 Å². The van der Waals surface area contributed by atoms with Crippen molar-refractivity contribution in [3.05, 3.63) is 65.2 Å². The van der Waals surface area contributed by atoms with E-state index in [4.69, 9.17) is 16.0 Å². The van der Waals surface area contributed by atoms with Crippen molar-refractivity contribution in [1.82, 2.24) is 18.8 Å². The minimum absolute atomic E-state index is 0.0461. The summed E-state index contributed by atoms with van der Waals surface area (Å²) < 4.78 is 35.2. The Morgan fingerprint density at radius 2 is 2.07 bits per heavy atom. The van der Waals surface area contributed by atoms with E-state index in [1.54, 1.807) is 17.8 Å². The number of rotatable bonds is 5. The van der Waals surface area contributed by atoms with Crippen LogP contribution in [0.2, 0.25) is 5.02 Å². The second kappa shape index (κ2) is 7.69. The van der Waals surface area contributed by atoms with E-state index in [0.29, 0.717) is 36.1 Å². The molecule has 7 nitrogen and oxygen atoms in total. The van der Waals surface area contributed by atoms with Gasteiger partial charge in [-0.3, -0.25) is 0 Å². The third-order valence-electron chi connectivity index (χ3n) is 4.89. The molecule has 0 saturated carbocycles. The zero-order valence-electron chi connectivity index (χ0n) is 15.5. The summed E-state index contributed by atoms with van der Waals surface area (Å²) in [5.41, 5.74) is 0.938. The number of piperidine rings is 1. The first kappa shape index (κ1) is 19.2. The highest BCUT2D eigenvalue weighted by molar-refractivity contribution is 7.89. The zero-order valence-corrected chi connectivity index (χ0v) is 17.0. The second-order valence-corrected chi connectivity index (χ2v) is 9.18. The van der Waals surface area contributed by atoms with Gasteiger partial charge in [0.1, 0.15) is 11.8 Å². The summed E-state index contributed by atoms with van der Waals surface area (Å²) in [6.45, 7) is 0.422. The Bertz CT molecular complexity index is 1080. The van der Waals surface area contributed by atoms with E-state index in [1.807, 2.05) is 24.3 Å². The second-order valence-electron chi connectivity index (χ2n) is 6.94. The van der Waals surface area contributed by atoms with Gasteiger partial charge in [0.15, 0.2) is 5.03 Å². The van der Waals surface area contributed by atoms with Gasteiger partial charge in [0, 0.05) is 31.2 Å². The molecule has 28 heavy (non-hydrogen) atoms. The summed E-state index contributed by atoms with van der Waals surface area (Å²) in [6.07, 6.45) is 7.54. The van der Waals surface area contributed by atoms with Crippen LogP contribution in [0.4, 0.5) is 0 Å². The average molecular weight is 421 g/mol. The van der Waals surface area contributed by atoms with E-state index in [1.165, 1.54) is 16.8 Å². The first-order chi connectivity index (χ1) is 13.4. The third-order valence-corrected chi connectivity index (χ3v) is 7.05. The lowest BCUT2D eigenvalue weighted by molar-refractivity contribution is 0.216. The molecule has 9 heteroatoms. The molecule has 0 spiro atoms. The number of nitrogens with zero attached hydrogens (tertiary/aromatic N) is 4. The van der Waals surface area contributed by atoms with Crippen LogP contribution in [0.1, 0.15) is 42.5 Å². The van der Waals surface area contributed by atoms with Gasteiger partial charge >= 0.3 is 0 Å². The van der Waals surface area contributed by atoms with E-state index >= 15 is 0 Å². The standard InChI is InChI=1S/C19H21ClN4O3S/c1-23-12-18(22-13-23)28(25,26)24-9-5-4-8-17(24)19-21-11-15(27-19)10-14-6-2-3-7-16(14)20/h2-3,6-7,11-13,17H,4-5,8-10H2,1H3/t17-/m1/s1. The molecule has 4 rings (SSSR count). The van der Waals surface area contributed by atoms with Crippen LogP contribution in [0.5, 0.6) is 0 Å². The number of hydrogen-bond acceptors (Lipinski definition) is 5. The van der Waals surface area contributed by atoms with Crippen molar-refractivity contribution in [2.24, 2.45) is 7.05 Å². The maximum Gasteiger partial charge on any atom is 0.262 e. The molecule has 0 amide bonds. The van der Waals surface area contributed by atoms with Gasteiger partial charge in [0.05, 0.1) is 12.5 Å². The van der Waals surface area contributed by atoms with Crippen molar-refractivity contribution in [3.63, 3.8) is 0 Å². The molecule has 1 aliphatic heterocycles. The normalized spacial score (nSPS) is 18.4. The van der Waals surface area contributed by atoms with Crippen LogP contribution in [-0.4, -0.2) is 33.8 Å². The highest BCUT2D eigenvalue weighted by Gasteiger charge is 2.38. The largest absolute Gasteiger partial charge is 0.444 e. The number of halogens is 1. The molecule has 0 N–H and O–H groups in total. The van der Waals surface area contributed by atoms with Crippen LogP contribution in [-0.2, 0) is 23.5 Å². The topological polar surface area (TPSA) is 81.2 Å². The quantitative estimate of drug-likeness (QED) is 0.630. The molecule has 1 atom stereocenters. The lowest BCUT2D eigenvalue weighted by atomic mass is 10.1. The maximum atomic E-state index is 13.1. The summed E-state index contributed by atoms with van der Waals surface area (Å²) >= 11 is 6.22. The van der Waals surface area contributed by atoms with E-state index in [9.17, 15) is 8.42 Å². The van der Waals surface area contributed by atoms with Crippen LogP contribution in [0.15, 0.2) is 52.4 Å². The summed E-state index contributed by atoms with van der Waals surface area (Å²) in [7, 11) is -1.97. The molecule has 1 aliphatic rings. The van der Waals surface area contributed by atoms with Crippen LogP contribution < -0.4 is 0 Å². The monoisotopic (exact) mass is 420 g/mol. The van der Waals surface area contributed by atoms with E-state index in [2.05, 4.69) is 9.97 Å². The Morgan fingerprint density at radius 1 is 1.25 bits per heavy atom.